The summed E-state index contributed by atoms with van der Waals surface area (Å²) in [5.74, 6) is 0.750. The van der Waals surface area contributed by atoms with Crippen molar-refractivity contribution in [1.82, 2.24) is 24.1 Å². The van der Waals surface area contributed by atoms with Crippen molar-refractivity contribution < 1.29 is 0 Å². The van der Waals surface area contributed by atoms with E-state index in [2.05, 4.69) is 38.8 Å². The Balaban J connectivity index is 1.79. The maximum atomic E-state index is 4.51. The Bertz CT molecular complexity index is 948. The summed E-state index contributed by atoms with van der Waals surface area (Å²) in [5.41, 5.74) is 4.06. The monoisotopic (exact) mass is 310 g/mol. The van der Waals surface area contributed by atoms with E-state index in [1.165, 1.54) is 5.56 Å². The van der Waals surface area contributed by atoms with E-state index in [1.54, 1.807) is 22.2 Å². The molecule has 0 unspecified atom stereocenters. The number of hydrogen-bond acceptors (Lipinski definition) is 5. The van der Waals surface area contributed by atoms with Gasteiger partial charge < -0.3 is 5.32 Å². The third-order valence-electron chi connectivity index (χ3n) is 3.40. The van der Waals surface area contributed by atoms with Gasteiger partial charge in [0.2, 0.25) is 0 Å². The van der Waals surface area contributed by atoms with E-state index in [4.69, 9.17) is 0 Å². The molecule has 0 amide bonds. The van der Waals surface area contributed by atoms with E-state index in [-0.39, 0.29) is 0 Å². The minimum Gasteiger partial charge on any atom is -0.329 e. The third-order valence-corrected chi connectivity index (χ3v) is 4.36. The van der Waals surface area contributed by atoms with Gasteiger partial charge in [0, 0.05) is 31.2 Å². The standard InChI is InChI=1S/C15H14N6S/c1-10-5-13(22-9-10)19-14-15-17-7-12(21(15)4-3-16-14)11-6-18-20(2)8-11/h3-9H,1-2H3,(H,16,19). The molecule has 0 bridgehead atoms. The van der Waals surface area contributed by atoms with Gasteiger partial charge in [-0.05, 0) is 23.9 Å². The van der Waals surface area contributed by atoms with Gasteiger partial charge in [0.25, 0.3) is 0 Å². The molecule has 0 aliphatic heterocycles. The van der Waals surface area contributed by atoms with Crippen LogP contribution in [0.3, 0.4) is 0 Å². The molecule has 0 aliphatic carbocycles. The first-order valence-electron chi connectivity index (χ1n) is 6.84. The van der Waals surface area contributed by atoms with Gasteiger partial charge in [-0.25, -0.2) is 9.97 Å². The largest absolute Gasteiger partial charge is 0.329 e. The highest BCUT2D eigenvalue weighted by Gasteiger charge is 2.12. The van der Waals surface area contributed by atoms with Gasteiger partial charge in [-0.1, -0.05) is 0 Å². The fourth-order valence-electron chi connectivity index (χ4n) is 2.39. The summed E-state index contributed by atoms with van der Waals surface area (Å²) >= 11 is 1.66. The van der Waals surface area contributed by atoms with E-state index in [0.717, 1.165) is 27.7 Å². The second-order valence-corrected chi connectivity index (χ2v) is 6.04. The maximum absolute atomic E-state index is 4.51. The Morgan fingerprint density at radius 3 is 2.86 bits per heavy atom. The van der Waals surface area contributed by atoms with Crippen LogP contribution >= 0.6 is 11.3 Å². The van der Waals surface area contributed by atoms with Gasteiger partial charge in [-0.2, -0.15) is 5.10 Å². The highest BCUT2D eigenvalue weighted by atomic mass is 32.1. The highest BCUT2D eigenvalue weighted by Crippen LogP contribution is 2.27. The number of nitrogens with one attached hydrogen (secondary N) is 1. The van der Waals surface area contributed by atoms with E-state index >= 15 is 0 Å². The van der Waals surface area contributed by atoms with Crippen LogP contribution in [-0.2, 0) is 7.05 Å². The lowest BCUT2D eigenvalue weighted by Crippen LogP contribution is -1.97. The van der Waals surface area contributed by atoms with Crippen LogP contribution in [0.15, 0.2) is 42.4 Å². The third kappa shape index (κ3) is 2.15. The van der Waals surface area contributed by atoms with Crippen LogP contribution in [-0.4, -0.2) is 24.1 Å². The number of hydrogen-bond donors (Lipinski definition) is 1. The molecule has 22 heavy (non-hydrogen) atoms. The van der Waals surface area contributed by atoms with Crippen molar-refractivity contribution in [3.05, 3.63) is 48.0 Å². The molecule has 0 atom stereocenters. The van der Waals surface area contributed by atoms with Crippen molar-refractivity contribution in [2.45, 2.75) is 6.92 Å². The Labute approximate surface area is 131 Å². The van der Waals surface area contributed by atoms with Crippen molar-refractivity contribution in [2.75, 3.05) is 5.32 Å². The Morgan fingerprint density at radius 1 is 1.23 bits per heavy atom. The van der Waals surface area contributed by atoms with Gasteiger partial charge in [0.1, 0.15) is 0 Å². The number of aromatic nitrogens is 5. The van der Waals surface area contributed by atoms with E-state index < -0.39 is 0 Å². The van der Waals surface area contributed by atoms with E-state index in [0.29, 0.717) is 0 Å². The average molecular weight is 310 g/mol. The first-order valence-corrected chi connectivity index (χ1v) is 7.72. The maximum Gasteiger partial charge on any atom is 0.180 e. The molecule has 1 N–H and O–H groups in total. The summed E-state index contributed by atoms with van der Waals surface area (Å²) in [6.07, 6.45) is 9.34. The molecule has 0 fully saturated rings. The van der Waals surface area contributed by atoms with E-state index in [1.807, 2.05) is 36.2 Å². The van der Waals surface area contributed by atoms with Crippen molar-refractivity contribution in [3.8, 4) is 11.3 Å². The molecule has 0 aromatic carbocycles. The zero-order valence-electron chi connectivity index (χ0n) is 12.2. The molecule has 0 radical (unpaired) electrons. The van der Waals surface area contributed by atoms with Gasteiger partial charge in [-0.15, -0.1) is 11.3 Å². The van der Waals surface area contributed by atoms with Crippen LogP contribution in [0.25, 0.3) is 16.9 Å². The summed E-state index contributed by atoms with van der Waals surface area (Å²) in [7, 11) is 1.90. The van der Waals surface area contributed by atoms with Gasteiger partial charge in [0.05, 0.1) is 23.1 Å². The molecule has 0 aliphatic rings. The average Bonchev–Trinajstić information content (AvgIpc) is 3.19. The number of fused-ring (bicyclic) bond motifs is 1. The van der Waals surface area contributed by atoms with Crippen molar-refractivity contribution in [3.63, 3.8) is 0 Å². The van der Waals surface area contributed by atoms with Gasteiger partial charge in [0.15, 0.2) is 11.5 Å². The molecule has 0 spiro atoms. The van der Waals surface area contributed by atoms with Crippen LogP contribution < -0.4 is 5.32 Å². The van der Waals surface area contributed by atoms with Crippen LogP contribution in [0.5, 0.6) is 0 Å². The summed E-state index contributed by atoms with van der Waals surface area (Å²) in [5, 5.41) is 10.7. The van der Waals surface area contributed by atoms with Gasteiger partial charge >= 0.3 is 0 Å². The highest BCUT2D eigenvalue weighted by molar-refractivity contribution is 7.14. The van der Waals surface area contributed by atoms with Crippen LogP contribution in [0.1, 0.15) is 5.56 Å². The molecule has 110 valence electrons. The number of imidazole rings is 1. The SMILES string of the molecule is Cc1csc(Nc2nccn3c(-c4cnn(C)c4)cnc23)c1. The summed E-state index contributed by atoms with van der Waals surface area (Å²) in [6.45, 7) is 2.08. The zero-order chi connectivity index (χ0) is 15.1. The van der Waals surface area contributed by atoms with Crippen molar-refractivity contribution in [1.29, 1.82) is 0 Å². The molecular weight excluding hydrogens is 296 g/mol. The molecule has 0 saturated carbocycles. The van der Waals surface area contributed by atoms with Crippen LogP contribution in [0.2, 0.25) is 0 Å². The number of rotatable bonds is 3. The quantitative estimate of drug-likeness (QED) is 0.631. The Kier molecular flexibility index (Phi) is 2.93. The molecule has 7 heteroatoms. The predicted molar refractivity (Wildman–Crippen MR) is 87.5 cm³/mol. The molecule has 0 saturated heterocycles. The number of aryl methyl sites for hydroxylation is 2. The topological polar surface area (TPSA) is 60.0 Å². The minimum absolute atomic E-state index is 0.750. The lowest BCUT2D eigenvalue weighted by molar-refractivity contribution is 0.768. The van der Waals surface area contributed by atoms with Gasteiger partial charge in [-0.3, -0.25) is 9.08 Å². The molecule has 4 aromatic rings. The smallest absolute Gasteiger partial charge is 0.180 e. The summed E-state index contributed by atoms with van der Waals surface area (Å²) in [4.78, 5) is 8.93. The molecule has 4 heterocycles. The minimum atomic E-state index is 0.750. The summed E-state index contributed by atoms with van der Waals surface area (Å²) in [6, 6.07) is 2.10. The summed E-state index contributed by atoms with van der Waals surface area (Å²) < 4.78 is 3.80. The fourth-order valence-corrected chi connectivity index (χ4v) is 3.18. The molecule has 6 nitrogen and oxygen atoms in total. The normalized spacial score (nSPS) is 11.2. The van der Waals surface area contributed by atoms with Crippen LogP contribution in [0, 0.1) is 6.92 Å². The number of anilines is 2. The van der Waals surface area contributed by atoms with Crippen molar-refractivity contribution in [2.24, 2.45) is 7.05 Å². The van der Waals surface area contributed by atoms with E-state index in [9.17, 15) is 0 Å². The molecule has 4 aromatic heterocycles. The lowest BCUT2D eigenvalue weighted by atomic mass is 10.3. The first kappa shape index (κ1) is 13.0. The number of nitrogens with zero attached hydrogens (tertiary/aromatic N) is 5. The zero-order valence-corrected chi connectivity index (χ0v) is 13.0. The fraction of sp³-hybridized carbons (Fsp3) is 0.133. The first-order chi connectivity index (χ1) is 10.7. The lowest BCUT2D eigenvalue weighted by Gasteiger charge is -2.05. The molecular formula is C15H14N6S. The van der Waals surface area contributed by atoms with Crippen LogP contribution in [0.4, 0.5) is 10.8 Å². The number of thiophene rings is 1. The molecule has 4 rings (SSSR count). The Hall–Kier alpha value is -2.67. The van der Waals surface area contributed by atoms with Crippen molar-refractivity contribution >= 4 is 27.8 Å². The predicted octanol–water partition coefficient (Wildman–Crippen LogP) is 3.24. The second kappa shape index (κ2) is 4.96. The second-order valence-electron chi connectivity index (χ2n) is 5.13. The Morgan fingerprint density at radius 2 is 2.14 bits per heavy atom.